The molecule has 8 nitrogen and oxygen atoms in total. The summed E-state index contributed by atoms with van der Waals surface area (Å²) in [5.74, 6) is -0.312. The molecule has 0 radical (unpaired) electrons. The van der Waals surface area contributed by atoms with Gasteiger partial charge < -0.3 is 24.1 Å². The van der Waals surface area contributed by atoms with E-state index in [1.54, 1.807) is 33.3 Å². The second kappa shape index (κ2) is 10.4. The predicted molar refractivity (Wildman–Crippen MR) is 134 cm³/mol. The van der Waals surface area contributed by atoms with Crippen LogP contribution in [0.1, 0.15) is 49.7 Å². The second-order valence-corrected chi connectivity index (χ2v) is 8.90. The molecule has 1 unspecified atom stereocenters. The number of fused-ring (bicyclic) bond motifs is 1. The number of allylic oxidation sites excluding steroid dienone is 1. The van der Waals surface area contributed by atoms with Gasteiger partial charge in [0.25, 0.3) is 0 Å². The van der Waals surface area contributed by atoms with Crippen LogP contribution in [0.4, 0.5) is 0 Å². The van der Waals surface area contributed by atoms with E-state index in [4.69, 9.17) is 23.9 Å². The Balaban J connectivity index is 1.78. The fourth-order valence-corrected chi connectivity index (χ4v) is 5.25. The Bertz CT molecular complexity index is 1250. The third kappa shape index (κ3) is 4.55. The highest BCUT2D eigenvalue weighted by Crippen LogP contribution is 2.47. The van der Waals surface area contributed by atoms with E-state index < -0.39 is 17.8 Å². The first-order chi connectivity index (χ1) is 17.3. The van der Waals surface area contributed by atoms with E-state index in [2.05, 4.69) is 0 Å². The van der Waals surface area contributed by atoms with Crippen LogP contribution >= 0.6 is 0 Å². The molecule has 2 aliphatic rings. The molecule has 0 bridgehead atoms. The molecule has 8 heteroatoms. The summed E-state index contributed by atoms with van der Waals surface area (Å²) < 4.78 is 21.5. The average molecular weight is 494 g/mol. The van der Waals surface area contributed by atoms with Gasteiger partial charge in [-0.25, -0.2) is 4.79 Å². The number of rotatable bonds is 7. The number of hydrogen-bond donors (Lipinski definition) is 1. The summed E-state index contributed by atoms with van der Waals surface area (Å²) in [7, 11) is 4.48. The average Bonchev–Trinajstić information content (AvgIpc) is 2.88. The number of phenols is 1. The third-order valence-corrected chi connectivity index (χ3v) is 6.88. The maximum atomic E-state index is 13.7. The molecule has 0 saturated heterocycles. The third-order valence-electron chi connectivity index (χ3n) is 6.88. The molecule has 1 fully saturated rings. The molecule has 1 saturated carbocycles. The van der Waals surface area contributed by atoms with Gasteiger partial charge in [0.2, 0.25) is 0 Å². The lowest BCUT2D eigenvalue weighted by atomic mass is 9.66. The first-order valence-electron chi connectivity index (χ1n) is 11.9. The van der Waals surface area contributed by atoms with Crippen molar-refractivity contribution in [3.05, 3.63) is 58.8 Å². The lowest BCUT2D eigenvalue weighted by Crippen LogP contribution is -2.41. The van der Waals surface area contributed by atoms with Gasteiger partial charge in [0.1, 0.15) is 5.78 Å². The van der Waals surface area contributed by atoms with Crippen LogP contribution in [-0.2, 0) is 14.3 Å². The zero-order valence-electron chi connectivity index (χ0n) is 21.2. The highest BCUT2D eigenvalue weighted by molar-refractivity contribution is 6.12. The van der Waals surface area contributed by atoms with Crippen molar-refractivity contribution in [2.45, 2.75) is 38.5 Å². The van der Waals surface area contributed by atoms with Crippen molar-refractivity contribution in [3.8, 4) is 23.0 Å². The quantitative estimate of drug-likeness (QED) is 0.564. The van der Waals surface area contributed by atoms with Crippen molar-refractivity contribution < 1.29 is 33.6 Å². The van der Waals surface area contributed by atoms with Crippen molar-refractivity contribution in [1.29, 1.82) is 0 Å². The standard InChI is InChI=1S/C28H31NO7/c1-6-36-23-14-17(7-9-20(23)30)26-25(28(32)35-5)15(2)29-19-11-18(12-21(31)27(19)26)16-8-10-22(33-3)24(13-16)34-4/h7-10,13-14,18,26-27,30H,6,11-12H2,1-5H3/t18-,26+,27?/m0/s1. The molecule has 2 aromatic carbocycles. The van der Waals surface area contributed by atoms with E-state index in [1.165, 1.54) is 13.2 Å². The Morgan fingerprint density at radius 3 is 2.33 bits per heavy atom. The van der Waals surface area contributed by atoms with Crippen molar-refractivity contribution in [3.63, 3.8) is 0 Å². The van der Waals surface area contributed by atoms with E-state index in [9.17, 15) is 14.7 Å². The number of benzene rings is 2. The van der Waals surface area contributed by atoms with Crippen molar-refractivity contribution in [2.24, 2.45) is 10.9 Å². The number of carbonyl (C=O) groups excluding carboxylic acids is 2. The van der Waals surface area contributed by atoms with Crippen LogP contribution in [-0.4, -0.2) is 50.5 Å². The van der Waals surface area contributed by atoms with Crippen LogP contribution in [0.15, 0.2) is 52.7 Å². The molecular weight excluding hydrogens is 462 g/mol. The number of nitrogens with zero attached hydrogens (tertiary/aromatic N) is 1. The van der Waals surface area contributed by atoms with Gasteiger partial charge in [-0.05, 0) is 61.6 Å². The number of Topliss-reactive ketones (excluding diaryl/α,β-unsaturated/α-hetero) is 1. The zero-order chi connectivity index (χ0) is 26.0. The molecule has 2 aromatic rings. The molecule has 0 aromatic heterocycles. The fourth-order valence-electron chi connectivity index (χ4n) is 5.25. The van der Waals surface area contributed by atoms with Crippen molar-refractivity contribution >= 4 is 17.5 Å². The van der Waals surface area contributed by atoms with Gasteiger partial charge in [-0.3, -0.25) is 9.79 Å². The highest BCUT2D eigenvalue weighted by Gasteiger charge is 2.46. The number of esters is 1. The molecule has 0 spiro atoms. The summed E-state index contributed by atoms with van der Waals surface area (Å²) in [6.45, 7) is 3.94. The summed E-state index contributed by atoms with van der Waals surface area (Å²) in [5, 5.41) is 10.2. The SMILES string of the molecule is CCOc1cc([C@@H]2C(C(=O)OC)=C(C)N=C3C[C@H](c4ccc(OC)c(OC)c4)CC(=O)C32)ccc1O. The molecule has 36 heavy (non-hydrogen) atoms. The van der Waals surface area contributed by atoms with Gasteiger partial charge in [-0.15, -0.1) is 0 Å². The molecule has 1 aliphatic carbocycles. The van der Waals surface area contributed by atoms with E-state index in [1.807, 2.05) is 25.1 Å². The van der Waals surface area contributed by atoms with E-state index in [-0.39, 0.29) is 17.5 Å². The topological polar surface area (TPSA) is 104 Å². The molecule has 1 aliphatic heterocycles. The van der Waals surface area contributed by atoms with Gasteiger partial charge in [-0.2, -0.15) is 0 Å². The minimum Gasteiger partial charge on any atom is -0.504 e. The van der Waals surface area contributed by atoms with Crippen LogP contribution in [0.25, 0.3) is 0 Å². The molecule has 0 amide bonds. The molecule has 4 rings (SSSR count). The smallest absolute Gasteiger partial charge is 0.336 e. The lowest BCUT2D eigenvalue weighted by molar-refractivity contribution is -0.136. The summed E-state index contributed by atoms with van der Waals surface area (Å²) in [6.07, 6.45) is 0.851. The normalized spacial score (nSPS) is 21.4. The van der Waals surface area contributed by atoms with Gasteiger partial charge in [-0.1, -0.05) is 12.1 Å². The number of aliphatic imine (C=N–C) groups is 1. The zero-order valence-corrected chi connectivity index (χ0v) is 21.2. The summed E-state index contributed by atoms with van der Waals surface area (Å²) in [5.41, 5.74) is 3.24. The van der Waals surface area contributed by atoms with Crippen molar-refractivity contribution in [2.75, 3.05) is 27.9 Å². The molecule has 3 atom stereocenters. The molecule has 1 N–H and O–H groups in total. The molecule has 1 heterocycles. The first-order valence-corrected chi connectivity index (χ1v) is 11.9. The number of phenolic OH excluding ortho intramolecular Hbond substituents is 1. The minimum absolute atomic E-state index is 0.00546. The van der Waals surface area contributed by atoms with Gasteiger partial charge in [0, 0.05) is 23.7 Å². The van der Waals surface area contributed by atoms with Crippen LogP contribution in [0.3, 0.4) is 0 Å². The van der Waals surface area contributed by atoms with Crippen LogP contribution < -0.4 is 14.2 Å². The number of carbonyl (C=O) groups is 2. The largest absolute Gasteiger partial charge is 0.504 e. The van der Waals surface area contributed by atoms with Crippen molar-refractivity contribution in [1.82, 2.24) is 0 Å². The fraction of sp³-hybridized carbons (Fsp3) is 0.393. The maximum Gasteiger partial charge on any atom is 0.336 e. The number of methoxy groups -OCH3 is 3. The Labute approximate surface area is 210 Å². The van der Waals surface area contributed by atoms with Crippen LogP contribution in [0.5, 0.6) is 23.0 Å². The summed E-state index contributed by atoms with van der Waals surface area (Å²) >= 11 is 0. The van der Waals surface area contributed by atoms with E-state index in [0.717, 1.165) is 11.3 Å². The molecular formula is C28H31NO7. The second-order valence-electron chi connectivity index (χ2n) is 8.90. The minimum atomic E-state index is -0.613. The van der Waals surface area contributed by atoms with Crippen LogP contribution in [0.2, 0.25) is 0 Å². The Morgan fingerprint density at radius 2 is 1.67 bits per heavy atom. The first kappa shape index (κ1) is 25.3. The summed E-state index contributed by atoms with van der Waals surface area (Å²) in [6, 6.07) is 10.6. The monoisotopic (exact) mass is 493 g/mol. The van der Waals surface area contributed by atoms with Gasteiger partial charge >= 0.3 is 5.97 Å². The Morgan fingerprint density at radius 1 is 0.972 bits per heavy atom. The highest BCUT2D eigenvalue weighted by atomic mass is 16.5. The Hall–Kier alpha value is -3.81. The lowest BCUT2D eigenvalue weighted by Gasteiger charge is -2.38. The van der Waals surface area contributed by atoms with Gasteiger partial charge in [0.05, 0.1) is 39.4 Å². The Kier molecular flexibility index (Phi) is 7.33. The molecule has 190 valence electrons. The maximum absolute atomic E-state index is 13.7. The number of aromatic hydroxyl groups is 1. The van der Waals surface area contributed by atoms with E-state index >= 15 is 0 Å². The number of ketones is 1. The predicted octanol–water partition coefficient (Wildman–Crippen LogP) is 4.56. The van der Waals surface area contributed by atoms with Gasteiger partial charge in [0.15, 0.2) is 23.0 Å². The number of ether oxygens (including phenoxy) is 4. The van der Waals surface area contributed by atoms with E-state index in [0.29, 0.717) is 53.5 Å². The van der Waals surface area contributed by atoms with Crippen LogP contribution in [0, 0.1) is 5.92 Å². The summed E-state index contributed by atoms with van der Waals surface area (Å²) in [4.78, 5) is 31.3. The number of hydrogen-bond acceptors (Lipinski definition) is 8.